The van der Waals surface area contributed by atoms with Crippen LogP contribution >= 0.6 is 0 Å². The summed E-state index contributed by atoms with van der Waals surface area (Å²) >= 11 is 0. The number of benzene rings is 2. The molecule has 2 aromatic carbocycles. The Labute approximate surface area is 135 Å². The highest BCUT2D eigenvalue weighted by atomic mass is 14.9. The van der Waals surface area contributed by atoms with Crippen molar-refractivity contribution in [1.82, 2.24) is 9.97 Å². The summed E-state index contributed by atoms with van der Waals surface area (Å²) in [6.45, 7) is 2.05. The molecule has 0 spiro atoms. The first-order chi connectivity index (χ1) is 11.3. The van der Waals surface area contributed by atoms with E-state index in [0.29, 0.717) is 6.42 Å². The minimum absolute atomic E-state index is 0.317. The average molecular weight is 299 g/mol. The lowest BCUT2D eigenvalue weighted by atomic mass is 10.1. The maximum atomic E-state index is 9.08. The Bertz CT molecular complexity index is 909. The van der Waals surface area contributed by atoms with E-state index in [-0.39, 0.29) is 0 Å². The highest BCUT2D eigenvalue weighted by Gasteiger charge is 2.07. The molecule has 0 amide bonds. The van der Waals surface area contributed by atoms with Crippen LogP contribution in [0.1, 0.15) is 23.4 Å². The average Bonchev–Trinajstić information content (AvgIpc) is 2.98. The molecule has 3 rings (SSSR count). The van der Waals surface area contributed by atoms with Crippen LogP contribution in [-0.4, -0.2) is 9.97 Å². The van der Waals surface area contributed by atoms with Crippen molar-refractivity contribution in [3.8, 4) is 6.07 Å². The van der Waals surface area contributed by atoms with Gasteiger partial charge in [0.25, 0.3) is 0 Å². The molecule has 0 bridgehead atoms. The van der Waals surface area contributed by atoms with E-state index in [9.17, 15) is 0 Å². The Balaban J connectivity index is 1.92. The number of hydrogen-bond donors (Lipinski definition) is 1. The number of rotatable bonds is 4. The molecule has 0 fully saturated rings. The predicted molar refractivity (Wildman–Crippen MR) is 94.5 cm³/mol. The first-order valence-corrected chi connectivity index (χ1v) is 7.52. The second kappa shape index (κ2) is 6.76. The number of fused-ring (bicyclic) bond motifs is 1. The highest BCUT2D eigenvalue weighted by Crippen LogP contribution is 2.20. The van der Waals surface area contributed by atoms with E-state index in [0.717, 1.165) is 28.0 Å². The highest BCUT2D eigenvalue weighted by molar-refractivity contribution is 5.80. The number of imidazole rings is 1. The second-order valence-electron chi connectivity index (χ2n) is 5.40. The van der Waals surface area contributed by atoms with Crippen molar-refractivity contribution in [2.75, 3.05) is 0 Å². The molecule has 3 nitrogen and oxygen atoms in total. The summed E-state index contributed by atoms with van der Waals surface area (Å²) in [5.41, 5.74) is 5.11. The Morgan fingerprint density at radius 2 is 2.04 bits per heavy atom. The molecular formula is C20H17N3. The van der Waals surface area contributed by atoms with Crippen LogP contribution < -0.4 is 0 Å². The van der Waals surface area contributed by atoms with E-state index in [1.165, 1.54) is 5.56 Å². The van der Waals surface area contributed by atoms with Gasteiger partial charge in [0, 0.05) is 5.57 Å². The van der Waals surface area contributed by atoms with Gasteiger partial charge in [0.05, 0.1) is 23.5 Å². The van der Waals surface area contributed by atoms with E-state index < -0.39 is 0 Å². The molecule has 23 heavy (non-hydrogen) atoms. The van der Waals surface area contributed by atoms with Gasteiger partial charge in [-0.3, -0.25) is 0 Å². The molecule has 0 radical (unpaired) electrons. The number of H-pyrrole nitrogens is 1. The standard InChI is InChI=1S/C20H17N3/c1-15-10-11-18-19(14-15)23-20(22-18)17(12-13-21)9-5-8-16-6-3-2-4-7-16/h2-11,14H,12H2,1H3,(H,22,23)/b8-5-,17-9-. The van der Waals surface area contributed by atoms with Crippen molar-refractivity contribution in [3.05, 3.63) is 77.6 Å². The molecule has 112 valence electrons. The summed E-state index contributed by atoms with van der Waals surface area (Å²) in [6.07, 6.45) is 6.24. The van der Waals surface area contributed by atoms with Crippen LogP contribution in [0, 0.1) is 18.3 Å². The van der Waals surface area contributed by atoms with Gasteiger partial charge in [0.2, 0.25) is 0 Å². The van der Waals surface area contributed by atoms with Crippen molar-refractivity contribution in [1.29, 1.82) is 5.26 Å². The Kier molecular flexibility index (Phi) is 4.35. The van der Waals surface area contributed by atoms with Crippen LogP contribution in [0.2, 0.25) is 0 Å². The maximum Gasteiger partial charge on any atom is 0.135 e. The van der Waals surface area contributed by atoms with E-state index in [1.54, 1.807) is 0 Å². The summed E-state index contributed by atoms with van der Waals surface area (Å²) in [5.74, 6) is 0.755. The molecule has 0 unspecified atom stereocenters. The quantitative estimate of drug-likeness (QED) is 0.698. The van der Waals surface area contributed by atoms with E-state index in [4.69, 9.17) is 5.26 Å². The second-order valence-corrected chi connectivity index (χ2v) is 5.40. The third kappa shape index (κ3) is 3.56. The molecule has 0 atom stereocenters. The zero-order valence-electron chi connectivity index (χ0n) is 13.0. The van der Waals surface area contributed by atoms with Crippen LogP contribution in [0.15, 0.2) is 60.7 Å². The van der Waals surface area contributed by atoms with Gasteiger partial charge in [-0.2, -0.15) is 5.26 Å². The van der Waals surface area contributed by atoms with Crippen molar-refractivity contribution in [2.24, 2.45) is 0 Å². The fourth-order valence-corrected chi connectivity index (χ4v) is 2.42. The van der Waals surface area contributed by atoms with Gasteiger partial charge in [-0.1, -0.05) is 54.6 Å². The Morgan fingerprint density at radius 1 is 1.22 bits per heavy atom. The lowest BCUT2D eigenvalue weighted by molar-refractivity contribution is 1.21. The van der Waals surface area contributed by atoms with Crippen molar-refractivity contribution in [3.63, 3.8) is 0 Å². The van der Waals surface area contributed by atoms with Crippen LogP contribution in [0.5, 0.6) is 0 Å². The monoisotopic (exact) mass is 299 g/mol. The fraction of sp³-hybridized carbons (Fsp3) is 0.100. The van der Waals surface area contributed by atoms with Gasteiger partial charge < -0.3 is 4.98 Å². The number of aromatic nitrogens is 2. The third-order valence-corrected chi connectivity index (χ3v) is 3.60. The van der Waals surface area contributed by atoms with Gasteiger partial charge in [-0.05, 0) is 30.2 Å². The summed E-state index contributed by atoms with van der Waals surface area (Å²) in [6, 6.07) is 18.4. The molecule has 0 saturated heterocycles. The Morgan fingerprint density at radius 3 is 2.83 bits per heavy atom. The number of nitrogens with zero attached hydrogens (tertiary/aromatic N) is 2. The molecule has 1 aromatic heterocycles. The molecule has 0 aliphatic carbocycles. The fourth-order valence-electron chi connectivity index (χ4n) is 2.42. The first-order valence-electron chi connectivity index (χ1n) is 7.52. The third-order valence-electron chi connectivity index (χ3n) is 3.60. The topological polar surface area (TPSA) is 52.5 Å². The molecule has 1 heterocycles. The number of hydrogen-bond acceptors (Lipinski definition) is 2. The van der Waals surface area contributed by atoms with Crippen LogP contribution in [0.4, 0.5) is 0 Å². The number of aryl methyl sites for hydroxylation is 1. The van der Waals surface area contributed by atoms with Crippen molar-refractivity contribution < 1.29 is 0 Å². The van der Waals surface area contributed by atoms with Crippen LogP contribution in [0.25, 0.3) is 22.7 Å². The largest absolute Gasteiger partial charge is 0.338 e. The number of nitrogens with one attached hydrogen (secondary N) is 1. The SMILES string of the molecule is Cc1ccc2nc(/C(=C\C=C/c3ccccc3)CC#N)[nH]c2c1. The zero-order chi connectivity index (χ0) is 16.1. The van der Waals surface area contributed by atoms with E-state index in [2.05, 4.69) is 29.0 Å². The minimum Gasteiger partial charge on any atom is -0.338 e. The van der Waals surface area contributed by atoms with Gasteiger partial charge in [-0.15, -0.1) is 0 Å². The van der Waals surface area contributed by atoms with Crippen molar-refractivity contribution >= 4 is 22.7 Å². The smallest absolute Gasteiger partial charge is 0.135 e. The van der Waals surface area contributed by atoms with Crippen LogP contribution in [-0.2, 0) is 0 Å². The van der Waals surface area contributed by atoms with Crippen molar-refractivity contribution in [2.45, 2.75) is 13.3 Å². The summed E-state index contributed by atoms with van der Waals surface area (Å²) < 4.78 is 0. The maximum absolute atomic E-state index is 9.08. The molecular weight excluding hydrogens is 282 g/mol. The number of allylic oxidation sites excluding steroid dienone is 3. The summed E-state index contributed by atoms with van der Waals surface area (Å²) in [5, 5.41) is 9.08. The lowest BCUT2D eigenvalue weighted by Crippen LogP contribution is -1.86. The molecule has 0 saturated carbocycles. The van der Waals surface area contributed by atoms with E-state index >= 15 is 0 Å². The molecule has 1 N–H and O–H groups in total. The number of aromatic amines is 1. The molecule has 0 aliphatic heterocycles. The van der Waals surface area contributed by atoms with Crippen LogP contribution in [0.3, 0.4) is 0 Å². The van der Waals surface area contributed by atoms with Gasteiger partial charge in [0.15, 0.2) is 0 Å². The molecule has 3 aromatic rings. The Hall–Kier alpha value is -3.12. The lowest BCUT2D eigenvalue weighted by Gasteiger charge is -1.96. The summed E-state index contributed by atoms with van der Waals surface area (Å²) in [4.78, 5) is 7.90. The van der Waals surface area contributed by atoms with Gasteiger partial charge in [-0.25, -0.2) is 4.98 Å². The molecule has 3 heteroatoms. The predicted octanol–water partition coefficient (Wildman–Crippen LogP) is 4.88. The van der Waals surface area contributed by atoms with Gasteiger partial charge in [0.1, 0.15) is 5.82 Å². The normalized spacial score (nSPS) is 11.9. The minimum atomic E-state index is 0.317. The summed E-state index contributed by atoms with van der Waals surface area (Å²) in [7, 11) is 0. The number of nitriles is 1. The zero-order valence-corrected chi connectivity index (χ0v) is 13.0. The van der Waals surface area contributed by atoms with Gasteiger partial charge >= 0.3 is 0 Å². The van der Waals surface area contributed by atoms with E-state index in [1.807, 2.05) is 60.7 Å². The first kappa shape index (κ1) is 14.8. The molecule has 0 aliphatic rings.